The van der Waals surface area contributed by atoms with E-state index in [0.29, 0.717) is 18.8 Å². The first-order valence-electron chi connectivity index (χ1n) is 6.45. The largest absolute Gasteiger partial charge is 0.389 e. The Balaban J connectivity index is 2.01. The highest BCUT2D eigenvalue weighted by atomic mass is 16.5. The van der Waals surface area contributed by atoms with Crippen LogP contribution in [0, 0.1) is 11.3 Å². The number of nitrogens with zero attached hydrogens (tertiary/aromatic N) is 2. The number of hydrogen-bond acceptors (Lipinski definition) is 4. The molecule has 1 saturated heterocycles. The summed E-state index contributed by atoms with van der Waals surface area (Å²) in [6.45, 7) is 2.75. The second kappa shape index (κ2) is 6.37. The standard InChI is InChI=1S/C14H17N3O3/c1-10(18)11-3-2-4-12(7-11)16-14(19)17-5-6-20-13(8-15)9-17/h2-4,7,10,13,18H,5-6,9H2,1H3,(H,16,19). The number of anilines is 1. The van der Waals surface area contributed by atoms with Crippen LogP contribution in [0.2, 0.25) is 0 Å². The quantitative estimate of drug-likeness (QED) is 0.856. The molecule has 1 aliphatic rings. The van der Waals surface area contributed by atoms with Crippen molar-refractivity contribution in [1.82, 2.24) is 4.90 Å². The Morgan fingerprint density at radius 1 is 1.65 bits per heavy atom. The van der Waals surface area contributed by atoms with Gasteiger partial charge in [-0.05, 0) is 24.6 Å². The molecule has 1 heterocycles. The Hall–Kier alpha value is -2.10. The van der Waals surface area contributed by atoms with E-state index in [4.69, 9.17) is 10.00 Å². The molecule has 0 bridgehead atoms. The Bertz CT molecular complexity index is 525. The second-order valence-electron chi connectivity index (χ2n) is 4.67. The lowest BCUT2D eigenvalue weighted by atomic mass is 10.1. The molecule has 6 heteroatoms. The summed E-state index contributed by atoms with van der Waals surface area (Å²) in [7, 11) is 0. The predicted octanol–water partition coefficient (Wildman–Crippen LogP) is 1.50. The normalized spacial score (nSPS) is 20.1. The number of aliphatic hydroxyl groups excluding tert-OH is 1. The first-order valence-corrected chi connectivity index (χ1v) is 6.45. The topological polar surface area (TPSA) is 85.6 Å². The number of ether oxygens (including phenoxy) is 1. The third-order valence-electron chi connectivity index (χ3n) is 3.12. The number of amides is 2. The van der Waals surface area contributed by atoms with Gasteiger partial charge in [0.15, 0.2) is 6.10 Å². The Kier molecular flexibility index (Phi) is 4.56. The molecule has 0 aliphatic carbocycles. The SMILES string of the molecule is CC(O)c1cccc(NC(=O)N2CCOC(C#N)C2)c1. The van der Waals surface area contributed by atoms with E-state index in [-0.39, 0.29) is 12.6 Å². The van der Waals surface area contributed by atoms with Crippen LogP contribution < -0.4 is 5.32 Å². The van der Waals surface area contributed by atoms with Crippen molar-refractivity contribution >= 4 is 11.7 Å². The number of carbonyl (C=O) groups is 1. The predicted molar refractivity (Wildman–Crippen MR) is 73.0 cm³/mol. The summed E-state index contributed by atoms with van der Waals surface area (Å²) in [6, 6.07) is 8.78. The fourth-order valence-electron chi connectivity index (χ4n) is 1.99. The molecule has 20 heavy (non-hydrogen) atoms. The molecule has 1 aromatic rings. The molecular formula is C14H17N3O3. The molecule has 6 nitrogen and oxygen atoms in total. The lowest BCUT2D eigenvalue weighted by molar-refractivity contribution is 0.0181. The molecule has 1 fully saturated rings. The monoisotopic (exact) mass is 275 g/mol. The number of benzene rings is 1. The lowest BCUT2D eigenvalue weighted by Gasteiger charge is -2.29. The summed E-state index contributed by atoms with van der Waals surface area (Å²) in [5, 5.41) is 21.1. The van der Waals surface area contributed by atoms with Crippen molar-refractivity contribution in [2.75, 3.05) is 25.0 Å². The van der Waals surface area contributed by atoms with Gasteiger partial charge in [0.1, 0.15) is 0 Å². The van der Waals surface area contributed by atoms with Gasteiger partial charge in [0.25, 0.3) is 0 Å². The number of urea groups is 1. The van der Waals surface area contributed by atoms with E-state index >= 15 is 0 Å². The highest BCUT2D eigenvalue weighted by Gasteiger charge is 2.23. The zero-order valence-electron chi connectivity index (χ0n) is 11.2. The molecule has 1 aliphatic heterocycles. The highest BCUT2D eigenvalue weighted by molar-refractivity contribution is 5.89. The van der Waals surface area contributed by atoms with Gasteiger partial charge in [0.05, 0.1) is 25.3 Å². The van der Waals surface area contributed by atoms with Crippen molar-refractivity contribution in [3.8, 4) is 6.07 Å². The highest BCUT2D eigenvalue weighted by Crippen LogP contribution is 2.17. The van der Waals surface area contributed by atoms with Crippen LogP contribution >= 0.6 is 0 Å². The van der Waals surface area contributed by atoms with Gasteiger partial charge in [-0.2, -0.15) is 5.26 Å². The summed E-state index contributed by atoms with van der Waals surface area (Å²) in [4.78, 5) is 13.6. The maximum Gasteiger partial charge on any atom is 0.322 e. The molecule has 0 aromatic heterocycles. The van der Waals surface area contributed by atoms with Crippen LogP contribution in [0.1, 0.15) is 18.6 Å². The minimum Gasteiger partial charge on any atom is -0.389 e. The number of carbonyl (C=O) groups excluding carboxylic acids is 1. The molecule has 0 saturated carbocycles. The van der Waals surface area contributed by atoms with Gasteiger partial charge in [0, 0.05) is 12.2 Å². The van der Waals surface area contributed by atoms with Crippen molar-refractivity contribution in [3.05, 3.63) is 29.8 Å². The number of rotatable bonds is 2. The summed E-state index contributed by atoms with van der Waals surface area (Å²) in [6.07, 6.45) is -1.16. The molecule has 2 N–H and O–H groups in total. The van der Waals surface area contributed by atoms with Crippen molar-refractivity contribution in [1.29, 1.82) is 5.26 Å². The van der Waals surface area contributed by atoms with Crippen molar-refractivity contribution in [2.24, 2.45) is 0 Å². The van der Waals surface area contributed by atoms with Crippen LogP contribution in [0.15, 0.2) is 24.3 Å². The van der Waals surface area contributed by atoms with Crippen molar-refractivity contribution < 1.29 is 14.6 Å². The minimum absolute atomic E-state index is 0.262. The van der Waals surface area contributed by atoms with Crippen LogP contribution in [0.25, 0.3) is 0 Å². The molecule has 2 rings (SSSR count). The summed E-state index contributed by atoms with van der Waals surface area (Å²) in [5.41, 5.74) is 1.35. The van der Waals surface area contributed by atoms with E-state index in [1.807, 2.05) is 6.07 Å². The van der Waals surface area contributed by atoms with E-state index in [1.54, 1.807) is 36.1 Å². The molecular weight excluding hydrogens is 258 g/mol. The molecule has 2 atom stereocenters. The van der Waals surface area contributed by atoms with E-state index < -0.39 is 12.2 Å². The molecule has 2 unspecified atom stereocenters. The summed E-state index contributed by atoms with van der Waals surface area (Å²) in [5.74, 6) is 0. The van der Waals surface area contributed by atoms with E-state index in [9.17, 15) is 9.90 Å². The number of nitrogens with one attached hydrogen (secondary N) is 1. The van der Waals surface area contributed by atoms with Gasteiger partial charge >= 0.3 is 6.03 Å². The van der Waals surface area contributed by atoms with Gasteiger partial charge in [-0.25, -0.2) is 4.79 Å². The molecule has 0 radical (unpaired) electrons. The average molecular weight is 275 g/mol. The number of morpholine rings is 1. The first kappa shape index (κ1) is 14.3. The van der Waals surface area contributed by atoms with Crippen LogP contribution in [0.5, 0.6) is 0 Å². The van der Waals surface area contributed by atoms with E-state index in [2.05, 4.69) is 5.32 Å². The second-order valence-corrected chi connectivity index (χ2v) is 4.67. The van der Waals surface area contributed by atoms with Crippen LogP contribution in [0.4, 0.5) is 10.5 Å². The van der Waals surface area contributed by atoms with Gasteiger partial charge in [0.2, 0.25) is 0 Å². The number of nitriles is 1. The maximum atomic E-state index is 12.1. The Morgan fingerprint density at radius 2 is 2.45 bits per heavy atom. The van der Waals surface area contributed by atoms with Crippen molar-refractivity contribution in [2.45, 2.75) is 19.1 Å². The van der Waals surface area contributed by atoms with E-state index in [1.165, 1.54) is 0 Å². The van der Waals surface area contributed by atoms with Gasteiger partial charge < -0.3 is 20.1 Å². The molecule has 0 spiro atoms. The Morgan fingerprint density at radius 3 is 3.15 bits per heavy atom. The number of hydrogen-bond donors (Lipinski definition) is 2. The van der Waals surface area contributed by atoms with Crippen LogP contribution in [0.3, 0.4) is 0 Å². The van der Waals surface area contributed by atoms with Crippen molar-refractivity contribution in [3.63, 3.8) is 0 Å². The lowest BCUT2D eigenvalue weighted by Crippen LogP contribution is -2.46. The fraction of sp³-hybridized carbons (Fsp3) is 0.429. The molecule has 1 aromatic carbocycles. The zero-order chi connectivity index (χ0) is 14.5. The fourth-order valence-corrected chi connectivity index (χ4v) is 1.99. The smallest absolute Gasteiger partial charge is 0.322 e. The molecule has 106 valence electrons. The summed E-state index contributed by atoms with van der Waals surface area (Å²) < 4.78 is 5.19. The summed E-state index contributed by atoms with van der Waals surface area (Å²) >= 11 is 0. The average Bonchev–Trinajstić information content (AvgIpc) is 2.47. The van der Waals surface area contributed by atoms with Crippen LogP contribution in [-0.2, 0) is 4.74 Å². The molecule has 2 amide bonds. The third kappa shape index (κ3) is 3.47. The van der Waals surface area contributed by atoms with E-state index in [0.717, 1.165) is 5.56 Å². The third-order valence-corrected chi connectivity index (χ3v) is 3.12. The van der Waals surface area contributed by atoms with Gasteiger partial charge in [-0.15, -0.1) is 0 Å². The Labute approximate surface area is 117 Å². The van der Waals surface area contributed by atoms with Gasteiger partial charge in [-0.3, -0.25) is 0 Å². The zero-order valence-corrected chi connectivity index (χ0v) is 11.2. The maximum absolute atomic E-state index is 12.1. The van der Waals surface area contributed by atoms with Crippen LogP contribution in [-0.4, -0.2) is 41.8 Å². The first-order chi connectivity index (χ1) is 9.60. The minimum atomic E-state index is -0.585. The van der Waals surface area contributed by atoms with Gasteiger partial charge in [-0.1, -0.05) is 12.1 Å². The number of aliphatic hydroxyl groups is 1.